The molecular formula is C24H29NO3S. The summed E-state index contributed by atoms with van der Waals surface area (Å²) in [5.74, 6) is 0.340. The van der Waals surface area contributed by atoms with E-state index in [1.807, 2.05) is 62.4 Å². The zero-order chi connectivity index (χ0) is 20.6. The zero-order valence-electron chi connectivity index (χ0n) is 17.1. The number of carbonyl (C=O) groups is 2. The number of nitrogens with zero attached hydrogens (tertiary/aromatic N) is 1. The lowest BCUT2D eigenvalue weighted by Crippen LogP contribution is -2.47. The minimum absolute atomic E-state index is 0.00296. The van der Waals surface area contributed by atoms with Crippen LogP contribution < -0.4 is 0 Å². The topological polar surface area (TPSA) is 46.6 Å². The smallest absolute Gasteiger partial charge is 0.330 e. The molecule has 2 aromatic carbocycles. The number of aryl methyl sites for hydroxylation is 2. The summed E-state index contributed by atoms with van der Waals surface area (Å²) in [5.41, 5.74) is 2.38. The molecule has 0 aliphatic carbocycles. The van der Waals surface area contributed by atoms with Gasteiger partial charge in [0.15, 0.2) is 0 Å². The highest BCUT2D eigenvalue weighted by molar-refractivity contribution is 8.00. The van der Waals surface area contributed by atoms with Crippen molar-refractivity contribution in [2.24, 2.45) is 0 Å². The van der Waals surface area contributed by atoms with Crippen LogP contribution in [0.4, 0.5) is 0 Å². The van der Waals surface area contributed by atoms with E-state index in [4.69, 9.17) is 4.74 Å². The highest BCUT2D eigenvalue weighted by Crippen LogP contribution is 2.34. The van der Waals surface area contributed by atoms with Crippen LogP contribution in [-0.2, 0) is 27.2 Å². The summed E-state index contributed by atoms with van der Waals surface area (Å²) in [5, 5.41) is 0.00296. The third-order valence-electron chi connectivity index (χ3n) is 5.00. The molecule has 154 valence electrons. The van der Waals surface area contributed by atoms with Gasteiger partial charge >= 0.3 is 5.97 Å². The molecule has 2 aromatic rings. The third-order valence-corrected chi connectivity index (χ3v) is 6.35. The number of esters is 1. The Kier molecular flexibility index (Phi) is 7.76. The number of thioether (sulfide) groups is 1. The molecule has 5 heteroatoms. The van der Waals surface area contributed by atoms with E-state index < -0.39 is 6.04 Å². The molecule has 4 nitrogen and oxygen atoms in total. The minimum Gasteiger partial charge on any atom is -0.461 e. The number of hydrogen-bond acceptors (Lipinski definition) is 4. The lowest BCUT2D eigenvalue weighted by Gasteiger charge is -2.29. The molecule has 3 rings (SSSR count). The Morgan fingerprint density at radius 1 is 1.00 bits per heavy atom. The van der Waals surface area contributed by atoms with Crippen LogP contribution in [0, 0.1) is 0 Å². The van der Waals surface area contributed by atoms with Gasteiger partial charge in [0.1, 0.15) is 6.04 Å². The minimum atomic E-state index is -0.494. The second kappa shape index (κ2) is 10.5. The highest BCUT2D eigenvalue weighted by atomic mass is 32.2. The first-order chi connectivity index (χ1) is 14.0. The fourth-order valence-corrected chi connectivity index (χ4v) is 4.98. The Morgan fingerprint density at radius 2 is 1.59 bits per heavy atom. The second-order valence-electron chi connectivity index (χ2n) is 7.60. The van der Waals surface area contributed by atoms with Crippen molar-refractivity contribution in [2.75, 3.05) is 5.75 Å². The predicted octanol–water partition coefficient (Wildman–Crippen LogP) is 4.47. The van der Waals surface area contributed by atoms with Crippen LogP contribution in [0.15, 0.2) is 60.7 Å². The molecule has 1 fully saturated rings. The van der Waals surface area contributed by atoms with Crippen LogP contribution in [-0.4, -0.2) is 40.0 Å². The first-order valence-electron chi connectivity index (χ1n) is 10.3. The van der Waals surface area contributed by atoms with Crippen molar-refractivity contribution < 1.29 is 14.3 Å². The third kappa shape index (κ3) is 6.10. The molecule has 0 saturated carbocycles. The van der Waals surface area contributed by atoms with Gasteiger partial charge in [-0.05, 0) is 44.2 Å². The summed E-state index contributed by atoms with van der Waals surface area (Å²) in [6.07, 6.45) is 2.61. The van der Waals surface area contributed by atoms with Crippen LogP contribution >= 0.6 is 11.8 Å². The van der Waals surface area contributed by atoms with Gasteiger partial charge < -0.3 is 9.64 Å². The van der Waals surface area contributed by atoms with Crippen LogP contribution in [0.5, 0.6) is 0 Å². The summed E-state index contributed by atoms with van der Waals surface area (Å²) in [6.45, 7) is 3.68. The Bertz CT molecular complexity index is 794. The van der Waals surface area contributed by atoms with Gasteiger partial charge in [-0.25, -0.2) is 4.79 Å². The first-order valence-corrected chi connectivity index (χ1v) is 11.3. The number of carbonyl (C=O) groups excluding carboxylic acids is 2. The van der Waals surface area contributed by atoms with E-state index in [1.54, 1.807) is 16.7 Å². The van der Waals surface area contributed by atoms with Crippen molar-refractivity contribution in [3.8, 4) is 0 Å². The molecule has 0 aromatic heterocycles. The standard InChI is InChI=1S/C24H29NO3S/c1-18(2)28-24(27)21-17-29-23(16-14-20-11-7-4-8-12-20)25(21)22(26)15-13-19-9-5-3-6-10-19/h3-12,18,21,23H,13-17H2,1-2H3. The summed E-state index contributed by atoms with van der Waals surface area (Å²) in [6, 6.07) is 19.8. The van der Waals surface area contributed by atoms with Gasteiger partial charge in [0, 0.05) is 12.2 Å². The van der Waals surface area contributed by atoms with Crippen LogP contribution in [0.2, 0.25) is 0 Å². The van der Waals surface area contributed by atoms with Gasteiger partial charge in [0.05, 0.1) is 11.5 Å². The van der Waals surface area contributed by atoms with Gasteiger partial charge in [-0.1, -0.05) is 60.7 Å². The Hall–Kier alpha value is -2.27. The van der Waals surface area contributed by atoms with Crippen molar-refractivity contribution in [1.29, 1.82) is 0 Å². The van der Waals surface area contributed by atoms with E-state index in [1.165, 1.54) is 5.56 Å². The van der Waals surface area contributed by atoms with E-state index in [0.29, 0.717) is 18.6 Å². The molecule has 1 heterocycles. The van der Waals surface area contributed by atoms with Crippen molar-refractivity contribution in [3.05, 3.63) is 71.8 Å². The monoisotopic (exact) mass is 411 g/mol. The molecule has 0 spiro atoms. The van der Waals surface area contributed by atoms with Crippen molar-refractivity contribution in [3.63, 3.8) is 0 Å². The van der Waals surface area contributed by atoms with Gasteiger partial charge in [-0.15, -0.1) is 11.8 Å². The largest absolute Gasteiger partial charge is 0.461 e. The molecule has 0 N–H and O–H groups in total. The molecular weight excluding hydrogens is 382 g/mol. The normalized spacial score (nSPS) is 18.8. The van der Waals surface area contributed by atoms with Crippen molar-refractivity contribution >= 4 is 23.6 Å². The van der Waals surface area contributed by atoms with Crippen LogP contribution in [0.1, 0.15) is 37.8 Å². The van der Waals surface area contributed by atoms with Crippen LogP contribution in [0.3, 0.4) is 0 Å². The average molecular weight is 412 g/mol. The quantitative estimate of drug-likeness (QED) is 0.601. The van der Waals surface area contributed by atoms with Gasteiger partial charge in [0.2, 0.25) is 5.91 Å². The fraction of sp³-hybridized carbons (Fsp3) is 0.417. The summed E-state index contributed by atoms with van der Waals surface area (Å²) in [7, 11) is 0. The predicted molar refractivity (Wildman–Crippen MR) is 118 cm³/mol. The van der Waals surface area contributed by atoms with E-state index in [9.17, 15) is 9.59 Å². The SMILES string of the molecule is CC(C)OC(=O)C1CSC(CCc2ccccc2)N1C(=O)CCc1ccccc1. The average Bonchev–Trinajstić information content (AvgIpc) is 3.16. The maximum absolute atomic E-state index is 13.1. The van der Waals surface area contributed by atoms with Gasteiger partial charge in [0.25, 0.3) is 0 Å². The molecule has 1 aliphatic heterocycles. The van der Waals surface area contributed by atoms with E-state index >= 15 is 0 Å². The summed E-state index contributed by atoms with van der Waals surface area (Å²) in [4.78, 5) is 27.6. The van der Waals surface area contributed by atoms with Gasteiger partial charge in [-0.3, -0.25) is 4.79 Å². The van der Waals surface area contributed by atoms with E-state index in [2.05, 4.69) is 12.1 Å². The molecule has 2 atom stereocenters. The molecule has 0 bridgehead atoms. The molecule has 2 unspecified atom stereocenters. The number of amides is 1. The van der Waals surface area contributed by atoms with E-state index in [0.717, 1.165) is 18.4 Å². The Balaban J connectivity index is 1.68. The second-order valence-corrected chi connectivity index (χ2v) is 8.81. The fourth-order valence-electron chi connectivity index (χ4n) is 3.57. The number of benzene rings is 2. The lowest BCUT2D eigenvalue weighted by molar-refractivity contribution is -0.157. The van der Waals surface area contributed by atoms with E-state index in [-0.39, 0.29) is 23.4 Å². The zero-order valence-corrected chi connectivity index (χ0v) is 17.9. The number of rotatable bonds is 8. The van der Waals surface area contributed by atoms with Gasteiger partial charge in [-0.2, -0.15) is 0 Å². The first kappa shape index (κ1) is 21.4. The van der Waals surface area contributed by atoms with Crippen molar-refractivity contribution in [1.82, 2.24) is 4.90 Å². The van der Waals surface area contributed by atoms with Crippen LogP contribution in [0.25, 0.3) is 0 Å². The Labute approximate surface area is 177 Å². The highest BCUT2D eigenvalue weighted by Gasteiger charge is 2.42. The maximum atomic E-state index is 13.1. The molecule has 1 aliphatic rings. The molecule has 0 radical (unpaired) electrons. The number of hydrogen-bond donors (Lipinski definition) is 0. The summed E-state index contributed by atoms with van der Waals surface area (Å²) >= 11 is 1.69. The maximum Gasteiger partial charge on any atom is 0.330 e. The molecule has 29 heavy (non-hydrogen) atoms. The number of ether oxygens (including phenoxy) is 1. The van der Waals surface area contributed by atoms with Crippen molar-refractivity contribution in [2.45, 2.75) is 57.1 Å². The molecule has 1 saturated heterocycles. The summed E-state index contributed by atoms with van der Waals surface area (Å²) < 4.78 is 5.44. The molecule has 1 amide bonds. The lowest BCUT2D eigenvalue weighted by atomic mass is 10.1. The Morgan fingerprint density at radius 3 is 2.17 bits per heavy atom.